The molecule has 1 fully saturated rings. The first kappa shape index (κ1) is 24.3. The lowest BCUT2D eigenvalue weighted by molar-refractivity contribution is -0.111. The van der Waals surface area contributed by atoms with E-state index in [-0.39, 0.29) is 17.9 Å². The zero-order chi connectivity index (χ0) is 24.6. The van der Waals surface area contributed by atoms with E-state index in [1.165, 1.54) is 6.08 Å². The number of carbonyl (C=O) groups is 2. The summed E-state index contributed by atoms with van der Waals surface area (Å²) in [6.07, 6.45) is 5.48. The highest BCUT2D eigenvalue weighted by Gasteiger charge is 2.23. The highest BCUT2D eigenvalue weighted by Crippen LogP contribution is 2.29. The second-order valence-corrected chi connectivity index (χ2v) is 9.24. The van der Waals surface area contributed by atoms with Crippen LogP contribution >= 0.6 is 0 Å². The molecule has 1 atom stereocenters. The van der Waals surface area contributed by atoms with E-state index < -0.39 is 0 Å². The Morgan fingerprint density at radius 2 is 1.60 bits per heavy atom. The summed E-state index contributed by atoms with van der Waals surface area (Å²) >= 11 is 0. The smallest absolute Gasteiger partial charge is 0.253 e. The van der Waals surface area contributed by atoms with Gasteiger partial charge in [0.2, 0.25) is 5.91 Å². The molecule has 2 amide bonds. The molecule has 180 valence electrons. The van der Waals surface area contributed by atoms with Gasteiger partial charge in [0, 0.05) is 30.5 Å². The van der Waals surface area contributed by atoms with Crippen LogP contribution in [0.4, 0.5) is 11.4 Å². The van der Waals surface area contributed by atoms with Gasteiger partial charge in [0.25, 0.3) is 5.91 Å². The molecule has 1 unspecified atom stereocenters. The van der Waals surface area contributed by atoms with Crippen LogP contribution in [-0.2, 0) is 4.79 Å². The van der Waals surface area contributed by atoms with Crippen molar-refractivity contribution in [1.29, 1.82) is 0 Å². The molecule has 0 radical (unpaired) electrons. The van der Waals surface area contributed by atoms with Gasteiger partial charge in [-0.3, -0.25) is 9.59 Å². The van der Waals surface area contributed by atoms with E-state index in [2.05, 4.69) is 22.5 Å². The molecule has 0 spiro atoms. The minimum atomic E-state index is -0.239. The van der Waals surface area contributed by atoms with Crippen molar-refractivity contribution in [3.05, 3.63) is 102 Å². The predicted octanol–water partition coefficient (Wildman–Crippen LogP) is 6.07. The highest BCUT2D eigenvalue weighted by molar-refractivity contribution is 6.05. The zero-order valence-corrected chi connectivity index (χ0v) is 20.4. The van der Waals surface area contributed by atoms with Crippen molar-refractivity contribution in [3.8, 4) is 0 Å². The van der Waals surface area contributed by atoms with Crippen LogP contribution in [0.1, 0.15) is 54.2 Å². The molecule has 2 N–H and O–H groups in total. The van der Waals surface area contributed by atoms with Crippen molar-refractivity contribution in [2.75, 3.05) is 23.3 Å². The van der Waals surface area contributed by atoms with Crippen molar-refractivity contribution in [1.82, 2.24) is 5.32 Å². The molecule has 0 saturated carbocycles. The molecule has 1 aliphatic heterocycles. The van der Waals surface area contributed by atoms with Crippen LogP contribution in [0, 0.1) is 5.92 Å². The molecule has 5 heteroatoms. The highest BCUT2D eigenvalue weighted by atomic mass is 16.2. The number of rotatable bonds is 7. The van der Waals surface area contributed by atoms with E-state index in [0.717, 1.165) is 42.7 Å². The van der Waals surface area contributed by atoms with Crippen molar-refractivity contribution in [2.24, 2.45) is 5.92 Å². The summed E-state index contributed by atoms with van der Waals surface area (Å²) in [5.41, 5.74) is 4.08. The first-order chi connectivity index (χ1) is 17.0. The van der Waals surface area contributed by atoms with Crippen molar-refractivity contribution in [3.63, 3.8) is 0 Å². The van der Waals surface area contributed by atoms with Crippen LogP contribution in [-0.4, -0.2) is 24.9 Å². The van der Waals surface area contributed by atoms with Crippen LogP contribution < -0.4 is 15.5 Å². The SMILES string of the molecule is CC1CCN(c2ccc(NC(=O)C=Cc3ccccc3)cc2C(=O)NC(C)c2ccccc2)CC1. The summed E-state index contributed by atoms with van der Waals surface area (Å²) < 4.78 is 0. The van der Waals surface area contributed by atoms with Gasteiger partial charge in [-0.15, -0.1) is 0 Å². The number of hydrogen-bond acceptors (Lipinski definition) is 3. The van der Waals surface area contributed by atoms with Crippen molar-refractivity contribution >= 4 is 29.3 Å². The maximum Gasteiger partial charge on any atom is 0.253 e. The largest absolute Gasteiger partial charge is 0.371 e. The number of nitrogens with one attached hydrogen (secondary N) is 2. The minimum Gasteiger partial charge on any atom is -0.371 e. The van der Waals surface area contributed by atoms with Gasteiger partial charge < -0.3 is 15.5 Å². The first-order valence-electron chi connectivity index (χ1n) is 12.3. The first-order valence-corrected chi connectivity index (χ1v) is 12.3. The zero-order valence-electron chi connectivity index (χ0n) is 20.4. The Morgan fingerprint density at radius 3 is 2.29 bits per heavy atom. The number of benzene rings is 3. The Kier molecular flexibility index (Phi) is 7.99. The van der Waals surface area contributed by atoms with Crippen LogP contribution in [0.3, 0.4) is 0 Å². The number of amides is 2. The van der Waals surface area contributed by atoms with Gasteiger partial charge >= 0.3 is 0 Å². The molecule has 0 aromatic heterocycles. The third-order valence-corrected chi connectivity index (χ3v) is 6.51. The van der Waals surface area contributed by atoms with E-state index in [9.17, 15) is 9.59 Å². The van der Waals surface area contributed by atoms with Crippen molar-refractivity contribution in [2.45, 2.75) is 32.7 Å². The third-order valence-electron chi connectivity index (χ3n) is 6.51. The molecule has 4 rings (SSSR count). The Bertz CT molecular complexity index is 1170. The van der Waals surface area contributed by atoms with Gasteiger partial charge in [0.15, 0.2) is 0 Å². The van der Waals surface area contributed by atoms with E-state index in [0.29, 0.717) is 17.2 Å². The quantitative estimate of drug-likeness (QED) is 0.415. The average molecular weight is 468 g/mol. The number of piperidine rings is 1. The molecule has 1 saturated heterocycles. The summed E-state index contributed by atoms with van der Waals surface area (Å²) in [4.78, 5) is 28.3. The number of nitrogens with zero attached hydrogens (tertiary/aromatic N) is 1. The lowest BCUT2D eigenvalue weighted by Gasteiger charge is -2.33. The summed E-state index contributed by atoms with van der Waals surface area (Å²) in [5, 5.41) is 6.04. The van der Waals surface area contributed by atoms with Crippen LogP contribution in [0.5, 0.6) is 0 Å². The van der Waals surface area contributed by atoms with Gasteiger partial charge in [-0.05, 0) is 61.1 Å². The monoisotopic (exact) mass is 467 g/mol. The Labute approximate surface area is 207 Å². The maximum absolute atomic E-state index is 13.4. The Morgan fingerprint density at radius 1 is 0.943 bits per heavy atom. The summed E-state index contributed by atoms with van der Waals surface area (Å²) in [5.74, 6) is 0.305. The van der Waals surface area contributed by atoms with Gasteiger partial charge in [-0.25, -0.2) is 0 Å². The van der Waals surface area contributed by atoms with E-state index in [1.807, 2.05) is 79.7 Å². The number of hydrogen-bond donors (Lipinski definition) is 2. The molecule has 0 bridgehead atoms. The van der Waals surface area contributed by atoms with Crippen molar-refractivity contribution < 1.29 is 9.59 Å². The van der Waals surface area contributed by atoms with Gasteiger partial charge in [0.1, 0.15) is 0 Å². The number of anilines is 2. The van der Waals surface area contributed by atoms with Crippen LogP contribution in [0.15, 0.2) is 84.9 Å². The third kappa shape index (κ3) is 6.60. The molecule has 3 aromatic rings. The molecule has 35 heavy (non-hydrogen) atoms. The second kappa shape index (κ2) is 11.5. The van der Waals surface area contributed by atoms with E-state index >= 15 is 0 Å². The summed E-state index contributed by atoms with van der Waals surface area (Å²) in [6, 6.07) is 25.1. The number of carbonyl (C=O) groups excluding carboxylic acids is 2. The fourth-order valence-electron chi connectivity index (χ4n) is 4.34. The van der Waals surface area contributed by atoms with Crippen LogP contribution in [0.2, 0.25) is 0 Å². The lowest BCUT2D eigenvalue weighted by Crippen LogP contribution is -2.35. The van der Waals surface area contributed by atoms with Gasteiger partial charge in [-0.2, -0.15) is 0 Å². The Hall–Kier alpha value is -3.86. The minimum absolute atomic E-state index is 0.134. The van der Waals surface area contributed by atoms with Gasteiger partial charge in [-0.1, -0.05) is 67.6 Å². The topological polar surface area (TPSA) is 61.4 Å². The molecule has 3 aromatic carbocycles. The fraction of sp³-hybridized carbons (Fsp3) is 0.267. The molecular weight excluding hydrogens is 434 g/mol. The second-order valence-electron chi connectivity index (χ2n) is 9.24. The lowest BCUT2D eigenvalue weighted by atomic mass is 9.97. The van der Waals surface area contributed by atoms with Gasteiger partial charge in [0.05, 0.1) is 11.6 Å². The predicted molar refractivity (Wildman–Crippen MR) is 143 cm³/mol. The molecule has 5 nitrogen and oxygen atoms in total. The van der Waals surface area contributed by atoms with Crippen LogP contribution in [0.25, 0.3) is 6.08 Å². The normalized spacial score (nSPS) is 15.1. The fourth-order valence-corrected chi connectivity index (χ4v) is 4.34. The maximum atomic E-state index is 13.4. The Balaban J connectivity index is 1.55. The average Bonchev–Trinajstić information content (AvgIpc) is 2.89. The van der Waals surface area contributed by atoms with E-state index in [4.69, 9.17) is 0 Å². The van der Waals surface area contributed by atoms with E-state index in [1.54, 1.807) is 12.1 Å². The molecular formula is C30H33N3O2. The molecule has 1 aliphatic rings. The standard InChI is InChI=1S/C30H33N3O2/c1-22-17-19-33(20-18-22)28-15-14-26(32-29(34)16-13-24-9-5-3-6-10-24)21-27(28)30(35)31-23(2)25-11-7-4-8-12-25/h3-16,21-23H,17-20H2,1-2H3,(H,31,35)(H,32,34). The molecule has 1 heterocycles. The summed E-state index contributed by atoms with van der Waals surface area (Å²) in [6.45, 7) is 6.09. The molecule has 0 aliphatic carbocycles. The summed E-state index contributed by atoms with van der Waals surface area (Å²) in [7, 11) is 0.